The number of hydroxylamine groups is 1. The first-order valence-corrected chi connectivity index (χ1v) is 9.75. The van der Waals surface area contributed by atoms with Gasteiger partial charge in [-0.1, -0.05) is 48.5 Å². The molecule has 9 nitrogen and oxygen atoms in total. The van der Waals surface area contributed by atoms with Gasteiger partial charge in [-0.25, -0.2) is 15.1 Å². The minimum absolute atomic E-state index is 0.105. The molecule has 1 atom stereocenters. The lowest BCUT2D eigenvalue weighted by molar-refractivity contribution is -0.150. The van der Waals surface area contributed by atoms with Crippen LogP contribution in [0.4, 0.5) is 4.79 Å². The number of nitrogens with one attached hydrogen (secondary N) is 2. The third-order valence-electron chi connectivity index (χ3n) is 4.93. The second-order valence-corrected chi connectivity index (χ2v) is 6.95. The molecule has 9 heteroatoms. The van der Waals surface area contributed by atoms with E-state index in [2.05, 4.69) is 10.2 Å². The summed E-state index contributed by atoms with van der Waals surface area (Å²) in [6, 6.07) is 14.9. The van der Waals surface area contributed by atoms with Crippen molar-refractivity contribution in [2.75, 3.05) is 26.9 Å². The van der Waals surface area contributed by atoms with Crippen molar-refractivity contribution >= 4 is 18.0 Å². The first-order chi connectivity index (χ1) is 15.0. The van der Waals surface area contributed by atoms with Crippen LogP contribution >= 0.6 is 0 Å². The number of alkyl carbamates (subject to hydrolysis) is 1. The van der Waals surface area contributed by atoms with Gasteiger partial charge in [-0.2, -0.15) is 0 Å². The summed E-state index contributed by atoms with van der Waals surface area (Å²) in [4.78, 5) is 39.7. The summed E-state index contributed by atoms with van der Waals surface area (Å²) in [5, 5.41) is 11.1. The topological polar surface area (TPSA) is 123 Å². The van der Waals surface area contributed by atoms with Gasteiger partial charge in [-0.15, -0.1) is 0 Å². The average molecular weight is 428 g/mol. The zero-order chi connectivity index (χ0) is 22.2. The zero-order valence-electron chi connectivity index (χ0n) is 17.0. The van der Waals surface area contributed by atoms with E-state index in [9.17, 15) is 14.4 Å². The lowest BCUT2D eigenvalue weighted by Gasteiger charge is -2.19. The fourth-order valence-electron chi connectivity index (χ4n) is 3.53. The minimum Gasteiger partial charge on any atom is -0.479 e. The van der Waals surface area contributed by atoms with Crippen LogP contribution in [0.2, 0.25) is 0 Å². The predicted molar refractivity (Wildman–Crippen MR) is 110 cm³/mol. The number of methoxy groups -OCH3 is 1. The molecule has 0 aromatic heterocycles. The van der Waals surface area contributed by atoms with Gasteiger partial charge in [0.1, 0.15) is 12.6 Å². The smallest absolute Gasteiger partial charge is 0.407 e. The molecule has 2 aromatic carbocycles. The van der Waals surface area contributed by atoms with E-state index >= 15 is 0 Å². The van der Waals surface area contributed by atoms with E-state index in [0.29, 0.717) is 0 Å². The highest BCUT2D eigenvalue weighted by atomic mass is 16.7. The summed E-state index contributed by atoms with van der Waals surface area (Å²) in [5.74, 6) is -2.05. The van der Waals surface area contributed by atoms with Crippen LogP contribution in [0.1, 0.15) is 23.5 Å². The average Bonchev–Trinajstić information content (AvgIpc) is 3.08. The van der Waals surface area contributed by atoms with Crippen molar-refractivity contribution in [3.05, 3.63) is 59.7 Å². The van der Waals surface area contributed by atoms with Crippen molar-refractivity contribution in [3.8, 4) is 11.1 Å². The molecule has 0 saturated carbocycles. The fourth-order valence-corrected chi connectivity index (χ4v) is 3.53. The standard InChI is InChI=1S/C22H24N2O7/c1-29-11-10-19(21(27)24-31-13-20(25)26)23-22(28)30-12-18-16-8-4-2-6-14(16)15-7-3-5-9-17(15)18/h2-9,18-19H,10-13H2,1H3,(H,23,28)(H,24,27)(H,25,26). The molecular weight excluding hydrogens is 404 g/mol. The van der Waals surface area contributed by atoms with Crippen LogP contribution in [0, 0.1) is 0 Å². The van der Waals surface area contributed by atoms with Crippen molar-refractivity contribution in [2.24, 2.45) is 0 Å². The van der Waals surface area contributed by atoms with Gasteiger partial charge >= 0.3 is 12.1 Å². The van der Waals surface area contributed by atoms with E-state index < -0.39 is 30.6 Å². The third-order valence-corrected chi connectivity index (χ3v) is 4.93. The van der Waals surface area contributed by atoms with Gasteiger partial charge in [0.2, 0.25) is 0 Å². The van der Waals surface area contributed by atoms with Gasteiger partial charge in [0.15, 0.2) is 6.61 Å². The lowest BCUT2D eigenvalue weighted by Crippen LogP contribution is -2.48. The predicted octanol–water partition coefficient (Wildman–Crippen LogP) is 2.06. The first-order valence-electron chi connectivity index (χ1n) is 9.75. The Bertz CT molecular complexity index is 901. The number of fused-ring (bicyclic) bond motifs is 3. The number of amides is 2. The van der Waals surface area contributed by atoms with Crippen LogP contribution < -0.4 is 10.8 Å². The maximum Gasteiger partial charge on any atom is 0.407 e. The van der Waals surface area contributed by atoms with Crippen LogP contribution in [-0.4, -0.2) is 56.0 Å². The number of carboxylic acids is 1. The Morgan fingerprint density at radius 3 is 2.23 bits per heavy atom. The number of hydrogen-bond acceptors (Lipinski definition) is 6. The van der Waals surface area contributed by atoms with Crippen molar-refractivity contribution in [3.63, 3.8) is 0 Å². The van der Waals surface area contributed by atoms with Crippen molar-refractivity contribution in [1.82, 2.24) is 10.8 Å². The molecule has 0 bridgehead atoms. The van der Waals surface area contributed by atoms with Gasteiger partial charge in [-0.05, 0) is 22.3 Å². The van der Waals surface area contributed by atoms with Gasteiger partial charge in [-0.3, -0.25) is 9.63 Å². The normalized spacial score (nSPS) is 13.1. The van der Waals surface area contributed by atoms with E-state index in [1.807, 2.05) is 54.0 Å². The SMILES string of the molecule is COCCC(NC(=O)OCC1c2ccccc2-c2ccccc21)C(=O)NOCC(=O)O. The molecule has 164 valence electrons. The Morgan fingerprint density at radius 2 is 1.65 bits per heavy atom. The number of carbonyl (C=O) groups is 3. The second-order valence-electron chi connectivity index (χ2n) is 6.95. The van der Waals surface area contributed by atoms with Gasteiger partial charge in [0.25, 0.3) is 5.91 Å². The molecule has 0 aliphatic heterocycles. The summed E-state index contributed by atoms with van der Waals surface area (Å²) in [7, 11) is 1.46. The molecule has 0 heterocycles. The van der Waals surface area contributed by atoms with Crippen LogP contribution in [0.3, 0.4) is 0 Å². The van der Waals surface area contributed by atoms with Crippen LogP contribution in [-0.2, 0) is 23.9 Å². The Hall–Kier alpha value is -3.43. The molecule has 0 radical (unpaired) electrons. The number of carboxylic acid groups (broad SMARTS) is 1. The summed E-state index contributed by atoms with van der Waals surface area (Å²) < 4.78 is 10.4. The van der Waals surface area contributed by atoms with Crippen LogP contribution in [0.15, 0.2) is 48.5 Å². The molecule has 2 aromatic rings. The molecule has 3 rings (SSSR count). The number of aliphatic carboxylic acids is 1. The molecule has 3 N–H and O–H groups in total. The molecular formula is C22H24N2O7. The van der Waals surface area contributed by atoms with Crippen molar-refractivity contribution < 1.29 is 33.8 Å². The number of rotatable bonds is 10. The van der Waals surface area contributed by atoms with E-state index in [4.69, 9.17) is 14.6 Å². The quantitative estimate of drug-likeness (QED) is 0.495. The van der Waals surface area contributed by atoms with Crippen molar-refractivity contribution in [2.45, 2.75) is 18.4 Å². The highest BCUT2D eigenvalue weighted by molar-refractivity contribution is 5.85. The molecule has 0 fully saturated rings. The van der Waals surface area contributed by atoms with E-state index in [1.54, 1.807) is 0 Å². The summed E-state index contributed by atoms with van der Waals surface area (Å²) in [5.41, 5.74) is 6.38. The number of benzene rings is 2. The maximum absolute atomic E-state index is 12.4. The van der Waals surface area contributed by atoms with Gasteiger partial charge in [0, 0.05) is 26.1 Å². The lowest BCUT2D eigenvalue weighted by atomic mass is 9.98. The number of carbonyl (C=O) groups excluding carboxylic acids is 2. The molecule has 1 aliphatic rings. The summed E-state index contributed by atoms with van der Waals surface area (Å²) in [6.45, 7) is -0.400. The number of hydrogen-bond donors (Lipinski definition) is 3. The zero-order valence-corrected chi connectivity index (χ0v) is 17.0. The first kappa shape index (κ1) is 22.3. The molecule has 1 unspecified atom stereocenters. The summed E-state index contributed by atoms with van der Waals surface area (Å²) in [6.07, 6.45) is -0.612. The Kier molecular flexibility index (Phi) is 7.58. The monoisotopic (exact) mass is 428 g/mol. The molecule has 2 amide bonds. The van der Waals surface area contributed by atoms with E-state index in [1.165, 1.54) is 7.11 Å². The Balaban J connectivity index is 1.61. The van der Waals surface area contributed by atoms with Gasteiger partial charge in [0.05, 0.1) is 0 Å². The molecule has 0 saturated heterocycles. The van der Waals surface area contributed by atoms with E-state index in [0.717, 1.165) is 22.3 Å². The highest BCUT2D eigenvalue weighted by Gasteiger charge is 2.29. The summed E-state index contributed by atoms with van der Waals surface area (Å²) >= 11 is 0. The third kappa shape index (κ3) is 5.59. The Morgan fingerprint density at radius 1 is 1.03 bits per heavy atom. The largest absolute Gasteiger partial charge is 0.479 e. The highest BCUT2D eigenvalue weighted by Crippen LogP contribution is 2.44. The molecule has 31 heavy (non-hydrogen) atoms. The maximum atomic E-state index is 12.4. The molecule has 0 spiro atoms. The fraction of sp³-hybridized carbons (Fsp3) is 0.318. The van der Waals surface area contributed by atoms with Crippen LogP contribution in [0.5, 0.6) is 0 Å². The van der Waals surface area contributed by atoms with Crippen molar-refractivity contribution in [1.29, 1.82) is 0 Å². The molecule has 1 aliphatic carbocycles. The second kappa shape index (κ2) is 10.6. The Labute approximate surface area is 179 Å². The van der Waals surface area contributed by atoms with Crippen LogP contribution in [0.25, 0.3) is 11.1 Å². The number of ether oxygens (including phenoxy) is 2. The van der Waals surface area contributed by atoms with E-state index in [-0.39, 0.29) is 25.6 Å². The minimum atomic E-state index is -1.24. The van der Waals surface area contributed by atoms with Gasteiger partial charge < -0.3 is 19.9 Å².